The lowest BCUT2D eigenvalue weighted by Gasteiger charge is -2.33. The highest BCUT2D eigenvalue weighted by atomic mass is 16.5. The van der Waals surface area contributed by atoms with E-state index in [0.29, 0.717) is 17.3 Å². The number of fused-ring (bicyclic) bond motifs is 1. The Kier molecular flexibility index (Phi) is 1.71. The third-order valence-electron chi connectivity index (χ3n) is 4.82. The Morgan fingerprint density at radius 1 is 1.36 bits per heavy atom. The molecule has 2 nitrogen and oxygen atoms in total. The van der Waals surface area contributed by atoms with Crippen molar-refractivity contribution < 1.29 is 9.53 Å². The first-order valence-corrected chi connectivity index (χ1v) is 5.88. The number of rotatable bonds is 1. The molecule has 14 heavy (non-hydrogen) atoms. The summed E-state index contributed by atoms with van der Waals surface area (Å²) in [5.41, 5.74) is 0.602. The summed E-state index contributed by atoms with van der Waals surface area (Å²) in [6.45, 7) is 1.55. The second kappa shape index (κ2) is 2.74. The predicted molar refractivity (Wildman–Crippen MR) is 52.7 cm³/mol. The van der Waals surface area contributed by atoms with Gasteiger partial charge in [-0.05, 0) is 43.4 Å². The zero-order chi connectivity index (χ0) is 9.76. The minimum Gasteiger partial charge on any atom is -0.462 e. The van der Waals surface area contributed by atoms with Crippen LogP contribution in [0.15, 0.2) is 0 Å². The van der Waals surface area contributed by atoms with E-state index in [9.17, 15) is 4.79 Å². The highest BCUT2D eigenvalue weighted by Crippen LogP contribution is 2.65. The molecule has 1 spiro atoms. The van der Waals surface area contributed by atoms with E-state index in [0.717, 1.165) is 0 Å². The molecule has 4 atom stereocenters. The summed E-state index contributed by atoms with van der Waals surface area (Å²) >= 11 is 0. The van der Waals surface area contributed by atoms with Gasteiger partial charge in [-0.1, -0.05) is 6.42 Å². The number of esters is 1. The first kappa shape index (κ1) is 8.75. The highest BCUT2D eigenvalue weighted by molar-refractivity contribution is 5.66. The molecule has 0 N–H and O–H groups in total. The van der Waals surface area contributed by atoms with Gasteiger partial charge in [0.1, 0.15) is 6.10 Å². The molecule has 0 aliphatic heterocycles. The van der Waals surface area contributed by atoms with Crippen LogP contribution in [0.5, 0.6) is 0 Å². The Labute approximate surface area is 85.0 Å². The standard InChI is InChI=1S/C12H18O2/c1-8(13)14-11-9-4-6-12(7-9)5-2-3-10(11)12/h9-11H,2-7H2,1H3/t9-,10-,11+,12+/m0/s1. The highest BCUT2D eigenvalue weighted by Gasteiger charge is 2.60. The zero-order valence-electron chi connectivity index (χ0n) is 8.79. The zero-order valence-corrected chi connectivity index (χ0v) is 8.79. The van der Waals surface area contributed by atoms with Crippen LogP contribution in [0.4, 0.5) is 0 Å². The van der Waals surface area contributed by atoms with E-state index in [1.165, 1.54) is 38.5 Å². The lowest BCUT2D eigenvalue weighted by Crippen LogP contribution is -2.33. The minimum atomic E-state index is -0.0791. The quantitative estimate of drug-likeness (QED) is 0.599. The van der Waals surface area contributed by atoms with Crippen molar-refractivity contribution in [2.24, 2.45) is 17.3 Å². The van der Waals surface area contributed by atoms with Gasteiger partial charge < -0.3 is 4.74 Å². The second-order valence-electron chi connectivity index (χ2n) is 5.44. The van der Waals surface area contributed by atoms with Crippen molar-refractivity contribution in [2.75, 3.05) is 0 Å². The van der Waals surface area contributed by atoms with Gasteiger partial charge in [-0.2, -0.15) is 0 Å². The molecule has 2 heteroatoms. The molecule has 0 aromatic heterocycles. The molecule has 3 rings (SSSR count). The van der Waals surface area contributed by atoms with E-state index in [-0.39, 0.29) is 12.1 Å². The molecule has 0 saturated heterocycles. The van der Waals surface area contributed by atoms with Crippen molar-refractivity contribution in [1.29, 1.82) is 0 Å². The van der Waals surface area contributed by atoms with Crippen LogP contribution in [-0.4, -0.2) is 12.1 Å². The lowest BCUT2D eigenvalue weighted by atomic mass is 9.76. The fourth-order valence-electron chi connectivity index (χ4n) is 4.42. The van der Waals surface area contributed by atoms with E-state index >= 15 is 0 Å². The van der Waals surface area contributed by atoms with Crippen molar-refractivity contribution in [3.05, 3.63) is 0 Å². The van der Waals surface area contributed by atoms with Crippen molar-refractivity contribution >= 4 is 5.97 Å². The number of hydrogen-bond acceptors (Lipinski definition) is 2. The molecular weight excluding hydrogens is 176 g/mol. The first-order chi connectivity index (χ1) is 6.71. The Hall–Kier alpha value is -0.530. The minimum absolute atomic E-state index is 0.0791. The average Bonchev–Trinajstić information content (AvgIpc) is 2.74. The second-order valence-corrected chi connectivity index (χ2v) is 5.44. The van der Waals surface area contributed by atoms with Crippen LogP contribution < -0.4 is 0 Å². The van der Waals surface area contributed by atoms with E-state index in [2.05, 4.69) is 0 Å². The molecule has 78 valence electrons. The molecular formula is C12H18O2. The fraction of sp³-hybridized carbons (Fsp3) is 0.917. The molecule has 0 amide bonds. The summed E-state index contributed by atoms with van der Waals surface area (Å²) in [6.07, 6.45) is 8.38. The molecule has 3 aliphatic rings. The van der Waals surface area contributed by atoms with E-state index in [1.54, 1.807) is 6.92 Å². The van der Waals surface area contributed by atoms with Crippen LogP contribution in [0.3, 0.4) is 0 Å². The normalized spacial score (nSPS) is 49.4. The summed E-state index contributed by atoms with van der Waals surface area (Å²) in [6, 6.07) is 0. The van der Waals surface area contributed by atoms with Gasteiger partial charge in [0.15, 0.2) is 0 Å². The largest absolute Gasteiger partial charge is 0.462 e. The molecule has 0 unspecified atom stereocenters. The van der Waals surface area contributed by atoms with Crippen molar-refractivity contribution in [3.63, 3.8) is 0 Å². The monoisotopic (exact) mass is 194 g/mol. The molecule has 0 heterocycles. The van der Waals surface area contributed by atoms with Crippen LogP contribution in [0, 0.1) is 17.3 Å². The molecule has 2 bridgehead atoms. The first-order valence-electron chi connectivity index (χ1n) is 5.88. The van der Waals surface area contributed by atoms with Gasteiger partial charge in [0.2, 0.25) is 0 Å². The molecule has 3 fully saturated rings. The molecule has 0 radical (unpaired) electrons. The summed E-state index contributed by atoms with van der Waals surface area (Å²) in [5.74, 6) is 1.33. The predicted octanol–water partition coefficient (Wildman–Crippen LogP) is 2.52. The Morgan fingerprint density at radius 3 is 3.00 bits per heavy atom. The van der Waals surface area contributed by atoms with Gasteiger partial charge >= 0.3 is 5.97 Å². The van der Waals surface area contributed by atoms with Gasteiger partial charge in [0, 0.05) is 12.8 Å². The molecule has 0 aromatic rings. The Morgan fingerprint density at radius 2 is 2.21 bits per heavy atom. The summed E-state index contributed by atoms with van der Waals surface area (Å²) < 4.78 is 5.51. The summed E-state index contributed by atoms with van der Waals surface area (Å²) in [7, 11) is 0. The topological polar surface area (TPSA) is 26.3 Å². The van der Waals surface area contributed by atoms with Crippen molar-refractivity contribution in [1.82, 2.24) is 0 Å². The molecule has 3 saturated carbocycles. The van der Waals surface area contributed by atoms with Crippen LogP contribution in [-0.2, 0) is 9.53 Å². The SMILES string of the molecule is CC(=O)O[C@@H]1[C@H]2CC[C@]3(CCC[C@@H]13)C2. The number of hydrogen-bond donors (Lipinski definition) is 0. The van der Waals surface area contributed by atoms with Crippen LogP contribution in [0.25, 0.3) is 0 Å². The Bertz CT molecular complexity index is 269. The van der Waals surface area contributed by atoms with E-state index in [1.807, 2.05) is 0 Å². The maximum Gasteiger partial charge on any atom is 0.302 e. The average molecular weight is 194 g/mol. The van der Waals surface area contributed by atoms with Gasteiger partial charge in [-0.25, -0.2) is 0 Å². The number of ether oxygens (including phenoxy) is 1. The summed E-state index contributed by atoms with van der Waals surface area (Å²) in [4.78, 5) is 11.0. The third kappa shape index (κ3) is 0.999. The van der Waals surface area contributed by atoms with E-state index < -0.39 is 0 Å². The van der Waals surface area contributed by atoms with Crippen molar-refractivity contribution in [3.8, 4) is 0 Å². The molecule has 0 aromatic carbocycles. The number of carbonyl (C=O) groups excluding carboxylic acids is 1. The lowest BCUT2D eigenvalue weighted by molar-refractivity contribution is -0.152. The fourth-order valence-corrected chi connectivity index (χ4v) is 4.42. The van der Waals surface area contributed by atoms with Gasteiger partial charge in [0.05, 0.1) is 0 Å². The smallest absolute Gasteiger partial charge is 0.302 e. The van der Waals surface area contributed by atoms with Gasteiger partial charge in [-0.3, -0.25) is 4.79 Å². The van der Waals surface area contributed by atoms with Crippen molar-refractivity contribution in [2.45, 2.75) is 51.6 Å². The summed E-state index contributed by atoms with van der Waals surface area (Å²) in [5, 5.41) is 0. The maximum atomic E-state index is 11.0. The maximum absolute atomic E-state index is 11.0. The van der Waals surface area contributed by atoms with Gasteiger partial charge in [-0.15, -0.1) is 0 Å². The van der Waals surface area contributed by atoms with Gasteiger partial charge in [0.25, 0.3) is 0 Å². The van der Waals surface area contributed by atoms with Crippen LogP contribution in [0.1, 0.15) is 45.4 Å². The molecule has 3 aliphatic carbocycles. The van der Waals surface area contributed by atoms with E-state index in [4.69, 9.17) is 4.74 Å². The van der Waals surface area contributed by atoms with Crippen LogP contribution >= 0.6 is 0 Å². The third-order valence-corrected chi connectivity index (χ3v) is 4.82. The number of carbonyl (C=O) groups is 1. The van der Waals surface area contributed by atoms with Crippen LogP contribution in [0.2, 0.25) is 0 Å². The Balaban J connectivity index is 1.84.